The number of nitro benzene ring substituents is 1. The molecule has 0 atom stereocenters. The zero-order valence-electron chi connectivity index (χ0n) is 9.12. The first kappa shape index (κ1) is 16.2. The van der Waals surface area contributed by atoms with Crippen molar-refractivity contribution in [1.29, 1.82) is 0 Å². The van der Waals surface area contributed by atoms with Crippen molar-refractivity contribution in [1.82, 2.24) is 0 Å². The summed E-state index contributed by atoms with van der Waals surface area (Å²) in [5.74, 6) is -1.71. The molecule has 1 aromatic carbocycles. The average Bonchev–Trinajstić information content (AvgIpc) is 2.25. The van der Waals surface area contributed by atoms with Gasteiger partial charge in [0.25, 0.3) is 0 Å². The summed E-state index contributed by atoms with van der Waals surface area (Å²) < 4.78 is 45.2. The fraction of sp³-hybridized carbons (Fsp3) is 0.250. The maximum Gasteiger partial charge on any atom is 0.306 e. The molecule has 106 valence electrons. The second-order valence-electron chi connectivity index (χ2n) is 3.41. The summed E-state index contributed by atoms with van der Waals surface area (Å²) in [5, 5.41) is 10.5. The number of sulfone groups is 1. The zero-order chi connectivity index (χ0) is 14.8. The molecular weight excluding hydrogens is 341 g/mol. The molecule has 0 aromatic heterocycles. The lowest BCUT2D eigenvalue weighted by Crippen LogP contribution is -2.15. The third-order valence-electron chi connectivity index (χ3n) is 2.06. The van der Waals surface area contributed by atoms with Gasteiger partial charge >= 0.3 is 5.69 Å². The summed E-state index contributed by atoms with van der Waals surface area (Å²) in [7, 11) is -3.29. The van der Waals surface area contributed by atoms with Gasteiger partial charge in [0.2, 0.25) is 9.05 Å². The van der Waals surface area contributed by atoms with E-state index in [0.29, 0.717) is 0 Å². The maximum atomic E-state index is 11.9. The van der Waals surface area contributed by atoms with Crippen molar-refractivity contribution in [2.45, 2.75) is 4.90 Å². The van der Waals surface area contributed by atoms with E-state index in [1.54, 1.807) is 0 Å². The standard InChI is InChI=1S/C8H7Cl2NO6S2/c9-6-2-1-3-7(8(6)11(12)13)18(14,15)4-5-19(10,16)17/h1-3H,4-5H2. The molecule has 0 fully saturated rings. The second kappa shape index (κ2) is 5.61. The molecule has 0 saturated carbocycles. The first-order valence-corrected chi connectivity index (χ1v) is 9.13. The van der Waals surface area contributed by atoms with Crippen molar-refractivity contribution in [2.75, 3.05) is 11.5 Å². The van der Waals surface area contributed by atoms with Gasteiger partial charge in [-0.05, 0) is 12.1 Å². The molecule has 0 spiro atoms. The van der Waals surface area contributed by atoms with E-state index < -0.39 is 45.9 Å². The molecule has 0 aliphatic heterocycles. The Morgan fingerprint density at radius 2 is 1.74 bits per heavy atom. The van der Waals surface area contributed by atoms with E-state index in [9.17, 15) is 26.9 Å². The quantitative estimate of drug-likeness (QED) is 0.454. The zero-order valence-corrected chi connectivity index (χ0v) is 12.3. The largest absolute Gasteiger partial charge is 0.306 e. The van der Waals surface area contributed by atoms with Gasteiger partial charge in [-0.1, -0.05) is 17.7 Å². The highest BCUT2D eigenvalue weighted by atomic mass is 35.7. The second-order valence-corrected chi connectivity index (χ2v) is 8.79. The van der Waals surface area contributed by atoms with Gasteiger partial charge < -0.3 is 0 Å². The normalized spacial score (nSPS) is 12.3. The first-order valence-electron chi connectivity index (χ1n) is 4.62. The van der Waals surface area contributed by atoms with Crippen LogP contribution in [0.2, 0.25) is 5.02 Å². The third-order valence-corrected chi connectivity index (χ3v) is 5.52. The topological polar surface area (TPSA) is 111 Å². The molecule has 1 rings (SSSR count). The van der Waals surface area contributed by atoms with Gasteiger partial charge in [0.1, 0.15) is 9.92 Å². The van der Waals surface area contributed by atoms with E-state index in [0.717, 1.165) is 12.1 Å². The Labute approximate surface area is 118 Å². The van der Waals surface area contributed by atoms with Crippen LogP contribution < -0.4 is 0 Å². The summed E-state index contributed by atoms with van der Waals surface area (Å²) in [5.41, 5.74) is -0.781. The molecule has 1 aromatic rings. The summed E-state index contributed by atoms with van der Waals surface area (Å²) in [4.78, 5) is 9.23. The Hall–Kier alpha value is -0.900. The van der Waals surface area contributed by atoms with Gasteiger partial charge in [0, 0.05) is 10.7 Å². The Bertz CT molecular complexity index is 713. The van der Waals surface area contributed by atoms with E-state index in [1.165, 1.54) is 6.07 Å². The highest BCUT2D eigenvalue weighted by Gasteiger charge is 2.29. The molecule has 0 aliphatic rings. The van der Waals surface area contributed by atoms with E-state index in [-0.39, 0.29) is 5.02 Å². The number of nitro groups is 1. The van der Waals surface area contributed by atoms with Crippen LogP contribution in [0.5, 0.6) is 0 Å². The Morgan fingerprint density at radius 3 is 2.21 bits per heavy atom. The summed E-state index contributed by atoms with van der Waals surface area (Å²) in [6.45, 7) is 0. The van der Waals surface area contributed by atoms with Crippen molar-refractivity contribution >= 4 is 46.9 Å². The van der Waals surface area contributed by atoms with Gasteiger partial charge in [0.05, 0.1) is 16.4 Å². The molecule has 0 saturated heterocycles. The van der Waals surface area contributed by atoms with Crippen LogP contribution in [-0.2, 0) is 18.9 Å². The lowest BCUT2D eigenvalue weighted by Gasteiger charge is -2.05. The number of hydrogen-bond donors (Lipinski definition) is 0. The molecule has 0 unspecified atom stereocenters. The Morgan fingerprint density at radius 1 is 1.16 bits per heavy atom. The predicted octanol–water partition coefficient (Wildman–Crippen LogP) is 1.59. The predicted molar refractivity (Wildman–Crippen MR) is 69.8 cm³/mol. The molecule has 19 heavy (non-hydrogen) atoms. The maximum absolute atomic E-state index is 11.9. The highest BCUT2D eigenvalue weighted by Crippen LogP contribution is 2.32. The highest BCUT2D eigenvalue weighted by molar-refractivity contribution is 8.14. The molecule has 0 radical (unpaired) electrons. The molecule has 0 heterocycles. The van der Waals surface area contributed by atoms with Gasteiger partial charge in [0.15, 0.2) is 9.84 Å². The molecule has 0 aliphatic carbocycles. The molecule has 0 amide bonds. The van der Waals surface area contributed by atoms with E-state index in [2.05, 4.69) is 0 Å². The summed E-state index contributed by atoms with van der Waals surface area (Å²) in [6, 6.07) is 3.37. The number of nitrogens with zero attached hydrogens (tertiary/aromatic N) is 1. The average molecular weight is 348 g/mol. The van der Waals surface area contributed by atoms with E-state index in [1.807, 2.05) is 0 Å². The number of halogens is 2. The van der Waals surface area contributed by atoms with Gasteiger partial charge in [-0.25, -0.2) is 16.8 Å². The van der Waals surface area contributed by atoms with Crippen LogP contribution in [0.25, 0.3) is 0 Å². The monoisotopic (exact) mass is 347 g/mol. The molecule has 11 heteroatoms. The number of hydrogen-bond acceptors (Lipinski definition) is 6. The summed E-state index contributed by atoms with van der Waals surface area (Å²) >= 11 is 5.57. The lowest BCUT2D eigenvalue weighted by molar-refractivity contribution is -0.387. The van der Waals surface area contributed by atoms with E-state index in [4.69, 9.17) is 22.3 Å². The van der Waals surface area contributed by atoms with Crippen LogP contribution in [0.15, 0.2) is 23.1 Å². The fourth-order valence-corrected chi connectivity index (χ4v) is 4.77. The van der Waals surface area contributed by atoms with Crippen LogP contribution in [0.4, 0.5) is 5.69 Å². The van der Waals surface area contributed by atoms with Crippen molar-refractivity contribution in [3.8, 4) is 0 Å². The van der Waals surface area contributed by atoms with Gasteiger partial charge in [-0.15, -0.1) is 0 Å². The third kappa shape index (κ3) is 4.30. The molecule has 7 nitrogen and oxygen atoms in total. The minimum Gasteiger partial charge on any atom is -0.258 e. The van der Waals surface area contributed by atoms with Crippen LogP contribution in [-0.4, -0.2) is 33.3 Å². The summed E-state index contributed by atoms with van der Waals surface area (Å²) in [6.07, 6.45) is 0. The minimum absolute atomic E-state index is 0.347. The lowest BCUT2D eigenvalue weighted by atomic mass is 10.3. The van der Waals surface area contributed by atoms with Crippen molar-refractivity contribution in [2.24, 2.45) is 0 Å². The van der Waals surface area contributed by atoms with Gasteiger partial charge in [-0.3, -0.25) is 10.1 Å². The van der Waals surface area contributed by atoms with Crippen LogP contribution in [0.1, 0.15) is 0 Å². The first-order chi connectivity index (χ1) is 8.54. The molecular formula is C8H7Cl2NO6S2. The van der Waals surface area contributed by atoms with Gasteiger partial charge in [-0.2, -0.15) is 0 Å². The van der Waals surface area contributed by atoms with E-state index >= 15 is 0 Å². The van der Waals surface area contributed by atoms with Crippen LogP contribution >= 0.6 is 22.3 Å². The number of rotatable bonds is 5. The van der Waals surface area contributed by atoms with Crippen molar-refractivity contribution in [3.63, 3.8) is 0 Å². The molecule has 0 bridgehead atoms. The van der Waals surface area contributed by atoms with Crippen molar-refractivity contribution in [3.05, 3.63) is 33.3 Å². The minimum atomic E-state index is -4.18. The number of para-hydroxylation sites is 1. The fourth-order valence-electron chi connectivity index (χ4n) is 1.24. The Balaban J connectivity index is 3.30. The molecule has 0 N–H and O–H groups in total. The smallest absolute Gasteiger partial charge is 0.258 e. The van der Waals surface area contributed by atoms with Crippen LogP contribution in [0.3, 0.4) is 0 Å². The number of benzene rings is 1. The van der Waals surface area contributed by atoms with Crippen molar-refractivity contribution < 1.29 is 21.8 Å². The Kier molecular flexibility index (Phi) is 4.77. The SMILES string of the molecule is O=[N+]([O-])c1c(Cl)cccc1S(=O)(=O)CCS(=O)(=O)Cl. The van der Waals surface area contributed by atoms with Crippen LogP contribution in [0, 0.1) is 10.1 Å².